The van der Waals surface area contributed by atoms with Gasteiger partial charge in [-0.3, -0.25) is 14.6 Å². The predicted molar refractivity (Wildman–Crippen MR) is 135 cm³/mol. The first-order valence-electron chi connectivity index (χ1n) is 11.6. The summed E-state index contributed by atoms with van der Waals surface area (Å²) in [6.45, 7) is 1.93. The second kappa shape index (κ2) is 8.55. The zero-order valence-corrected chi connectivity index (χ0v) is 21.0. The lowest BCUT2D eigenvalue weighted by molar-refractivity contribution is -0.134. The molecule has 1 saturated carbocycles. The Labute approximate surface area is 219 Å². The molecule has 1 fully saturated rings. The van der Waals surface area contributed by atoms with E-state index in [2.05, 4.69) is 20.1 Å². The van der Waals surface area contributed by atoms with Gasteiger partial charge in [0.1, 0.15) is 6.54 Å². The highest BCUT2D eigenvalue weighted by Gasteiger charge is 2.49. The van der Waals surface area contributed by atoms with Crippen molar-refractivity contribution >= 4 is 29.6 Å². The molecule has 13 heteroatoms. The Hall–Kier alpha value is -3.93. The van der Waals surface area contributed by atoms with Crippen molar-refractivity contribution in [1.29, 1.82) is 0 Å². The van der Waals surface area contributed by atoms with E-state index in [-0.39, 0.29) is 35.5 Å². The number of anilines is 1. The van der Waals surface area contributed by atoms with E-state index in [0.717, 1.165) is 16.0 Å². The summed E-state index contributed by atoms with van der Waals surface area (Å²) in [5, 5.41) is 4.44. The van der Waals surface area contributed by atoms with Gasteiger partial charge in [0.2, 0.25) is 5.91 Å². The summed E-state index contributed by atoms with van der Waals surface area (Å²) in [7, 11) is 0. The molecule has 2 N–H and O–H groups in total. The van der Waals surface area contributed by atoms with Crippen LogP contribution in [0.5, 0.6) is 0 Å². The van der Waals surface area contributed by atoms with Crippen LogP contribution < -0.4 is 16.1 Å². The Morgan fingerprint density at radius 1 is 1.13 bits per heavy atom. The van der Waals surface area contributed by atoms with Crippen LogP contribution in [0, 0.1) is 0 Å². The van der Waals surface area contributed by atoms with Crippen molar-refractivity contribution in [3.63, 3.8) is 0 Å². The normalized spacial score (nSPS) is 19.9. The van der Waals surface area contributed by atoms with Crippen molar-refractivity contribution in [3.8, 4) is 11.3 Å². The van der Waals surface area contributed by atoms with Gasteiger partial charge in [-0.1, -0.05) is 12.1 Å². The van der Waals surface area contributed by atoms with Gasteiger partial charge in [-0.05, 0) is 55.4 Å². The molecule has 3 aromatic heterocycles. The van der Waals surface area contributed by atoms with E-state index in [0.29, 0.717) is 23.3 Å². The number of H-pyrrole nitrogens is 2. The molecule has 1 amide bonds. The molecule has 1 aromatic carbocycles. The van der Waals surface area contributed by atoms with Crippen LogP contribution in [-0.4, -0.2) is 43.2 Å². The van der Waals surface area contributed by atoms with Crippen molar-refractivity contribution in [2.45, 2.75) is 43.7 Å². The average molecular weight is 547 g/mol. The minimum absolute atomic E-state index is 0. The molecule has 1 aliphatic heterocycles. The van der Waals surface area contributed by atoms with Gasteiger partial charge in [0.05, 0.1) is 16.7 Å². The number of carbonyl (C=O) groups excluding carboxylic acids is 1. The summed E-state index contributed by atoms with van der Waals surface area (Å²) in [5.41, 5.74) is 1.40. The molecular weight excluding hydrogens is 525 g/mol. The largest absolute Gasteiger partial charge is 0.406 e. The number of halogens is 4. The fourth-order valence-corrected chi connectivity index (χ4v) is 5.28. The van der Waals surface area contributed by atoms with Gasteiger partial charge in [-0.2, -0.15) is 18.3 Å². The fourth-order valence-electron chi connectivity index (χ4n) is 5.28. The number of nitrogens with zero attached hydrogens (tertiary/aromatic N) is 4. The number of carbonyl (C=O) groups is 1. The van der Waals surface area contributed by atoms with Crippen LogP contribution in [0.2, 0.25) is 0 Å². The highest BCUT2D eigenvalue weighted by molar-refractivity contribution is 6.07. The van der Waals surface area contributed by atoms with Crippen LogP contribution in [0.4, 0.5) is 18.9 Å². The third kappa shape index (κ3) is 4.08. The van der Waals surface area contributed by atoms with Gasteiger partial charge in [-0.25, -0.2) is 14.3 Å². The van der Waals surface area contributed by atoms with E-state index in [1.54, 1.807) is 49.0 Å². The minimum Gasteiger partial charge on any atom is -0.313 e. The van der Waals surface area contributed by atoms with E-state index < -0.39 is 35.3 Å². The van der Waals surface area contributed by atoms with Crippen molar-refractivity contribution in [1.82, 2.24) is 24.6 Å². The van der Waals surface area contributed by atoms with Crippen molar-refractivity contribution < 1.29 is 18.0 Å². The predicted octanol–water partition coefficient (Wildman–Crippen LogP) is 3.65. The lowest BCUT2D eigenvalue weighted by Gasteiger charge is -2.21. The highest BCUT2D eigenvalue weighted by Crippen LogP contribution is 2.57. The molecular formula is C25H22ClF3N6O3. The number of alkyl halides is 3. The summed E-state index contributed by atoms with van der Waals surface area (Å²) in [4.78, 5) is 46.5. The number of hydrogen-bond acceptors (Lipinski definition) is 5. The lowest BCUT2D eigenvalue weighted by atomic mass is 9.85. The molecule has 1 aliphatic carbocycles. The van der Waals surface area contributed by atoms with E-state index in [1.807, 2.05) is 6.07 Å². The molecule has 0 bridgehead atoms. The van der Waals surface area contributed by atoms with Gasteiger partial charge in [0, 0.05) is 29.8 Å². The molecule has 0 radical (unpaired) electrons. The molecule has 9 nitrogen and oxygen atoms in total. The van der Waals surface area contributed by atoms with Crippen molar-refractivity contribution in [3.05, 3.63) is 80.4 Å². The Morgan fingerprint density at radius 2 is 1.89 bits per heavy atom. The third-order valence-electron chi connectivity index (χ3n) is 7.20. The molecule has 0 unspecified atom stereocenters. The zero-order valence-electron chi connectivity index (χ0n) is 20.2. The summed E-state index contributed by atoms with van der Waals surface area (Å²) in [6.07, 6.45) is 0.725. The first kappa shape index (κ1) is 25.7. The first-order chi connectivity index (χ1) is 17.4. The molecule has 4 heterocycles. The number of rotatable bonds is 4. The number of amides is 1. The topological polar surface area (TPSA) is 116 Å². The standard InChI is InChI=1S/C25H21F3N6O3.ClH/c1-24(2)17-4-3-12(7-19(17)33(22(24)36)11-25(26,27)28)13-8-14(13)15-9-18(32-34-6-5-29-20(15)34)16-10-30-23(37)31-21(16)35;/h3-7,9-10,13-14H,8,11H2,1-2H3,(H2,30,31,35,37);1H/t13-,14+;/m1./s1. The SMILES string of the molecule is CC1(C)C(=O)N(CC(F)(F)F)c2cc([C@H]3C[C@@H]3c3cc(-c4c[nH]c(=O)[nH]c4=O)nn4ccnc34)ccc21.Cl. The number of imidazole rings is 1. The second-order valence-corrected chi connectivity index (χ2v) is 10.0. The monoisotopic (exact) mass is 546 g/mol. The smallest absolute Gasteiger partial charge is 0.313 e. The quantitative estimate of drug-likeness (QED) is 0.405. The Kier molecular flexibility index (Phi) is 5.78. The minimum atomic E-state index is -4.52. The van der Waals surface area contributed by atoms with E-state index >= 15 is 0 Å². The molecule has 6 rings (SSSR count). The van der Waals surface area contributed by atoms with E-state index in [1.165, 1.54) is 6.20 Å². The Morgan fingerprint density at radius 3 is 2.61 bits per heavy atom. The molecule has 0 spiro atoms. The van der Waals surface area contributed by atoms with Crippen molar-refractivity contribution in [2.75, 3.05) is 11.4 Å². The fraction of sp³-hybridized carbons (Fsp3) is 0.320. The second-order valence-electron chi connectivity index (χ2n) is 10.0. The highest BCUT2D eigenvalue weighted by atomic mass is 35.5. The van der Waals surface area contributed by atoms with Crippen LogP contribution in [0.25, 0.3) is 16.9 Å². The summed E-state index contributed by atoms with van der Waals surface area (Å²) >= 11 is 0. The maximum atomic E-state index is 13.3. The molecule has 0 saturated heterocycles. The maximum Gasteiger partial charge on any atom is 0.406 e. The van der Waals surface area contributed by atoms with Gasteiger partial charge in [-0.15, -0.1) is 12.4 Å². The van der Waals surface area contributed by atoms with Gasteiger partial charge < -0.3 is 9.88 Å². The third-order valence-corrected chi connectivity index (χ3v) is 7.20. The first-order valence-corrected chi connectivity index (χ1v) is 11.6. The van der Waals surface area contributed by atoms with E-state index in [9.17, 15) is 27.6 Å². The summed E-state index contributed by atoms with van der Waals surface area (Å²) < 4.78 is 41.4. The number of aromatic amines is 2. The number of aromatic nitrogens is 5. The zero-order chi connectivity index (χ0) is 26.3. The molecule has 198 valence electrons. The lowest BCUT2D eigenvalue weighted by Crippen LogP contribution is -2.41. The van der Waals surface area contributed by atoms with Gasteiger partial charge in [0.15, 0.2) is 5.65 Å². The van der Waals surface area contributed by atoms with Crippen LogP contribution in [-0.2, 0) is 10.2 Å². The maximum absolute atomic E-state index is 13.3. The van der Waals surface area contributed by atoms with Crippen molar-refractivity contribution in [2.24, 2.45) is 0 Å². The summed E-state index contributed by atoms with van der Waals surface area (Å²) in [5.74, 6) is -0.609. The van der Waals surface area contributed by atoms with Gasteiger partial charge in [0.25, 0.3) is 5.56 Å². The molecule has 2 atom stereocenters. The molecule has 2 aliphatic rings. The number of fused-ring (bicyclic) bond motifs is 2. The number of benzene rings is 1. The van der Waals surface area contributed by atoms with Gasteiger partial charge >= 0.3 is 11.9 Å². The number of hydrogen-bond donors (Lipinski definition) is 2. The Bertz CT molecular complexity index is 1710. The average Bonchev–Trinajstić information content (AvgIpc) is 3.44. The summed E-state index contributed by atoms with van der Waals surface area (Å²) in [6, 6.07) is 7.06. The number of nitrogens with one attached hydrogen (secondary N) is 2. The molecule has 38 heavy (non-hydrogen) atoms. The van der Waals surface area contributed by atoms with Crippen LogP contribution in [0.1, 0.15) is 48.8 Å². The van der Waals surface area contributed by atoms with Crippen LogP contribution in [0.15, 0.2) is 52.4 Å². The van der Waals surface area contributed by atoms with Crippen LogP contribution >= 0.6 is 12.4 Å². The van der Waals surface area contributed by atoms with Crippen LogP contribution in [0.3, 0.4) is 0 Å². The van der Waals surface area contributed by atoms with E-state index in [4.69, 9.17) is 0 Å². The molecule has 4 aromatic rings. The Balaban J connectivity index is 0.00000294.